The molecule has 3 heterocycles. The number of benzene rings is 1. The molecule has 0 aliphatic carbocycles. The van der Waals surface area contributed by atoms with Crippen LogP contribution < -0.4 is 10.2 Å². The molecule has 1 saturated heterocycles. The summed E-state index contributed by atoms with van der Waals surface area (Å²) < 4.78 is 0. The molecule has 0 atom stereocenters. The van der Waals surface area contributed by atoms with Gasteiger partial charge in [0.2, 0.25) is 0 Å². The number of rotatable bonds is 4. The summed E-state index contributed by atoms with van der Waals surface area (Å²) in [6.07, 6.45) is 5.60. The second-order valence-corrected chi connectivity index (χ2v) is 7.88. The summed E-state index contributed by atoms with van der Waals surface area (Å²) in [6.45, 7) is 4.07. The molecule has 3 aromatic rings. The number of piperidine rings is 1. The Kier molecular flexibility index (Phi) is 5.16. The molecule has 0 saturated carbocycles. The molecule has 5 nitrogen and oxygen atoms in total. The Morgan fingerprint density at radius 3 is 2.56 bits per heavy atom. The third-order valence-electron chi connectivity index (χ3n) is 4.70. The maximum absolute atomic E-state index is 12.8. The van der Waals surface area contributed by atoms with Crippen LogP contribution >= 0.6 is 11.3 Å². The summed E-state index contributed by atoms with van der Waals surface area (Å²) in [5, 5.41) is 3.78. The normalized spacial score (nSPS) is 14.2. The molecule has 0 spiro atoms. The first-order valence-electron chi connectivity index (χ1n) is 9.26. The average Bonchev–Trinajstić information content (AvgIpc) is 3.12. The molecule has 138 valence electrons. The van der Waals surface area contributed by atoms with Crippen LogP contribution in [0.15, 0.2) is 48.7 Å². The van der Waals surface area contributed by atoms with Gasteiger partial charge >= 0.3 is 0 Å². The van der Waals surface area contributed by atoms with Crippen molar-refractivity contribution in [2.75, 3.05) is 23.3 Å². The highest BCUT2D eigenvalue weighted by Gasteiger charge is 2.19. The van der Waals surface area contributed by atoms with E-state index in [1.807, 2.05) is 55.6 Å². The summed E-state index contributed by atoms with van der Waals surface area (Å²) in [5.41, 5.74) is 2.78. The fourth-order valence-corrected chi connectivity index (χ4v) is 4.18. The number of aryl methyl sites for hydroxylation is 1. The first kappa shape index (κ1) is 17.7. The van der Waals surface area contributed by atoms with E-state index in [-0.39, 0.29) is 5.91 Å². The zero-order valence-corrected chi connectivity index (χ0v) is 16.1. The summed E-state index contributed by atoms with van der Waals surface area (Å²) in [5.74, 6) is 0.392. The van der Waals surface area contributed by atoms with Gasteiger partial charge in [0.05, 0.1) is 22.6 Å². The largest absolute Gasteiger partial charge is 0.370 e. The monoisotopic (exact) mass is 378 g/mol. The molecule has 0 unspecified atom stereocenters. The maximum atomic E-state index is 12.8. The van der Waals surface area contributed by atoms with Crippen LogP contribution in [-0.2, 0) is 0 Å². The Hall–Kier alpha value is -2.73. The van der Waals surface area contributed by atoms with Gasteiger partial charge in [-0.3, -0.25) is 4.79 Å². The minimum Gasteiger partial charge on any atom is -0.370 e. The lowest BCUT2D eigenvalue weighted by Crippen LogP contribution is -2.29. The Bertz CT molecular complexity index is 915. The molecule has 1 aromatic carbocycles. The molecule has 2 aromatic heterocycles. The van der Waals surface area contributed by atoms with Gasteiger partial charge in [-0.2, -0.15) is 0 Å². The lowest BCUT2D eigenvalue weighted by atomic mass is 10.1. The lowest BCUT2D eigenvalue weighted by molar-refractivity contribution is 0.103. The van der Waals surface area contributed by atoms with Crippen molar-refractivity contribution in [2.45, 2.75) is 26.2 Å². The second-order valence-electron chi connectivity index (χ2n) is 6.68. The van der Waals surface area contributed by atoms with Gasteiger partial charge in [0.25, 0.3) is 5.91 Å². The summed E-state index contributed by atoms with van der Waals surface area (Å²) in [7, 11) is 0. The number of thiazole rings is 1. The van der Waals surface area contributed by atoms with E-state index in [4.69, 9.17) is 0 Å². The number of pyridine rings is 1. The minimum atomic E-state index is -0.169. The van der Waals surface area contributed by atoms with Gasteiger partial charge in [0.1, 0.15) is 10.7 Å². The topological polar surface area (TPSA) is 58.1 Å². The number of nitrogens with one attached hydrogen (secondary N) is 1. The van der Waals surface area contributed by atoms with Crippen molar-refractivity contribution in [3.8, 4) is 11.3 Å². The average molecular weight is 379 g/mol. The quantitative estimate of drug-likeness (QED) is 0.711. The predicted molar refractivity (Wildman–Crippen MR) is 111 cm³/mol. The summed E-state index contributed by atoms with van der Waals surface area (Å²) in [6, 6.07) is 13.7. The molecule has 4 rings (SSSR count). The number of aromatic nitrogens is 2. The van der Waals surface area contributed by atoms with Crippen LogP contribution in [0.1, 0.15) is 33.9 Å². The van der Waals surface area contributed by atoms with E-state index < -0.39 is 0 Å². The van der Waals surface area contributed by atoms with Crippen molar-refractivity contribution in [3.05, 3.63) is 58.5 Å². The van der Waals surface area contributed by atoms with Crippen LogP contribution in [0, 0.1) is 6.92 Å². The molecule has 6 heteroatoms. The highest BCUT2D eigenvalue weighted by Crippen LogP contribution is 2.29. The first-order valence-corrected chi connectivity index (χ1v) is 10.1. The number of amides is 1. The first-order chi connectivity index (χ1) is 13.2. The Morgan fingerprint density at radius 1 is 1.07 bits per heavy atom. The van der Waals surface area contributed by atoms with Crippen molar-refractivity contribution in [3.63, 3.8) is 0 Å². The van der Waals surface area contributed by atoms with Gasteiger partial charge in [-0.1, -0.05) is 30.3 Å². The van der Waals surface area contributed by atoms with Gasteiger partial charge in [0.15, 0.2) is 0 Å². The van der Waals surface area contributed by atoms with E-state index in [1.54, 1.807) is 0 Å². The summed E-state index contributed by atoms with van der Waals surface area (Å²) >= 11 is 1.40. The zero-order chi connectivity index (χ0) is 18.6. The number of carbonyl (C=O) groups excluding carboxylic acids is 1. The molecule has 0 bridgehead atoms. The molecule has 1 aliphatic heterocycles. The van der Waals surface area contributed by atoms with E-state index in [0.717, 1.165) is 35.0 Å². The molecule has 1 N–H and O–H groups in total. The van der Waals surface area contributed by atoms with Crippen LogP contribution in [0.4, 0.5) is 11.5 Å². The molecule has 1 fully saturated rings. The number of anilines is 2. The van der Waals surface area contributed by atoms with Crippen molar-refractivity contribution < 1.29 is 4.79 Å². The SMILES string of the molecule is Cc1nc(-c2ccccc2)c(C(=O)Nc2ccc(N3CCCCC3)cn2)s1. The van der Waals surface area contributed by atoms with Crippen LogP contribution in [-0.4, -0.2) is 29.0 Å². The maximum Gasteiger partial charge on any atom is 0.269 e. The van der Waals surface area contributed by atoms with Gasteiger partial charge in [-0.05, 0) is 38.3 Å². The standard InChI is InChI=1S/C21H22N4OS/c1-15-23-19(16-8-4-2-5-9-16)20(27-15)21(26)24-18-11-10-17(14-22-18)25-12-6-3-7-13-25/h2,4-5,8-11,14H,3,6-7,12-13H2,1H3,(H,22,24,26). The molecule has 27 heavy (non-hydrogen) atoms. The molecule has 1 amide bonds. The van der Waals surface area contributed by atoms with Crippen molar-refractivity contribution in [1.82, 2.24) is 9.97 Å². The zero-order valence-electron chi connectivity index (χ0n) is 15.3. The minimum absolute atomic E-state index is 0.169. The third-order valence-corrected chi connectivity index (χ3v) is 5.67. The van der Waals surface area contributed by atoms with Gasteiger partial charge in [-0.15, -0.1) is 11.3 Å². The van der Waals surface area contributed by atoms with E-state index in [9.17, 15) is 4.79 Å². The highest BCUT2D eigenvalue weighted by molar-refractivity contribution is 7.14. The lowest BCUT2D eigenvalue weighted by Gasteiger charge is -2.28. The van der Waals surface area contributed by atoms with Crippen LogP contribution in [0.2, 0.25) is 0 Å². The fraction of sp³-hybridized carbons (Fsp3) is 0.286. The van der Waals surface area contributed by atoms with Crippen LogP contribution in [0.25, 0.3) is 11.3 Å². The highest BCUT2D eigenvalue weighted by atomic mass is 32.1. The number of hydrogen-bond donors (Lipinski definition) is 1. The number of carbonyl (C=O) groups is 1. The Balaban J connectivity index is 1.51. The van der Waals surface area contributed by atoms with Crippen LogP contribution in [0.5, 0.6) is 0 Å². The molecule has 1 aliphatic rings. The van der Waals surface area contributed by atoms with Crippen molar-refractivity contribution >= 4 is 28.7 Å². The number of hydrogen-bond acceptors (Lipinski definition) is 5. The van der Waals surface area contributed by atoms with E-state index in [1.165, 1.54) is 30.6 Å². The second kappa shape index (κ2) is 7.88. The van der Waals surface area contributed by atoms with E-state index in [0.29, 0.717) is 10.7 Å². The third kappa shape index (κ3) is 4.01. The molecule has 0 radical (unpaired) electrons. The van der Waals surface area contributed by atoms with Crippen LogP contribution in [0.3, 0.4) is 0 Å². The van der Waals surface area contributed by atoms with E-state index in [2.05, 4.69) is 20.2 Å². The van der Waals surface area contributed by atoms with Crippen molar-refractivity contribution in [1.29, 1.82) is 0 Å². The number of nitrogens with zero attached hydrogens (tertiary/aromatic N) is 3. The van der Waals surface area contributed by atoms with Gasteiger partial charge < -0.3 is 10.2 Å². The molecular weight excluding hydrogens is 356 g/mol. The smallest absolute Gasteiger partial charge is 0.269 e. The fourth-order valence-electron chi connectivity index (χ4n) is 3.34. The van der Waals surface area contributed by atoms with Gasteiger partial charge in [0, 0.05) is 18.7 Å². The molecular formula is C21H22N4OS. The Labute approximate surface area is 163 Å². The Morgan fingerprint density at radius 2 is 1.85 bits per heavy atom. The van der Waals surface area contributed by atoms with Crippen molar-refractivity contribution in [2.24, 2.45) is 0 Å². The summed E-state index contributed by atoms with van der Waals surface area (Å²) in [4.78, 5) is 24.8. The van der Waals surface area contributed by atoms with E-state index >= 15 is 0 Å². The van der Waals surface area contributed by atoms with Gasteiger partial charge in [-0.25, -0.2) is 9.97 Å². The predicted octanol–water partition coefficient (Wildman–Crippen LogP) is 4.76.